The van der Waals surface area contributed by atoms with Gasteiger partial charge in [0.25, 0.3) is 0 Å². The maximum atomic E-state index is 13.4. The molecule has 2 rings (SSSR count). The quantitative estimate of drug-likeness (QED) is 0.477. The molecule has 20 heavy (non-hydrogen) atoms. The Hall–Kier alpha value is -1.95. The highest BCUT2D eigenvalue weighted by Crippen LogP contribution is 2.31. The fourth-order valence-corrected chi connectivity index (χ4v) is 1.46. The first-order valence-corrected chi connectivity index (χ1v) is 5.61. The van der Waals surface area contributed by atoms with Gasteiger partial charge in [-0.05, 0) is 19.7 Å². The molecule has 0 atom stereocenters. The van der Waals surface area contributed by atoms with Gasteiger partial charge in [0, 0.05) is 0 Å². The van der Waals surface area contributed by atoms with Gasteiger partial charge >= 0.3 is 0 Å². The van der Waals surface area contributed by atoms with Gasteiger partial charge in [-0.15, -0.1) is 0 Å². The zero-order valence-corrected chi connectivity index (χ0v) is 10.8. The van der Waals surface area contributed by atoms with Crippen LogP contribution in [0.15, 0.2) is 30.3 Å². The molecular formula is C14H12F5N. The summed E-state index contributed by atoms with van der Waals surface area (Å²) < 4.78 is 65.4. The lowest BCUT2D eigenvalue weighted by Crippen LogP contribution is -2.03. The Morgan fingerprint density at radius 3 is 1.40 bits per heavy atom. The zero-order chi connectivity index (χ0) is 15.3. The summed E-state index contributed by atoms with van der Waals surface area (Å²) in [4.78, 5) is 0. The van der Waals surface area contributed by atoms with Crippen LogP contribution in [0.1, 0.15) is 0 Å². The van der Waals surface area contributed by atoms with Crippen molar-refractivity contribution in [2.24, 2.45) is 0 Å². The number of nitrogens with one attached hydrogen (secondary N) is 1. The van der Waals surface area contributed by atoms with Gasteiger partial charge in [0.1, 0.15) is 0 Å². The van der Waals surface area contributed by atoms with Gasteiger partial charge in [0.15, 0.2) is 23.3 Å². The van der Waals surface area contributed by atoms with E-state index in [2.05, 4.69) is 5.32 Å². The molecule has 2 aromatic carbocycles. The van der Waals surface area contributed by atoms with Crippen LogP contribution in [-0.4, -0.2) is 14.1 Å². The maximum Gasteiger partial charge on any atom is 0.200 e. The molecule has 0 amide bonds. The van der Waals surface area contributed by atoms with Crippen LogP contribution in [0.5, 0.6) is 0 Å². The van der Waals surface area contributed by atoms with E-state index in [4.69, 9.17) is 0 Å². The van der Waals surface area contributed by atoms with Crippen molar-refractivity contribution in [1.82, 2.24) is 5.32 Å². The van der Waals surface area contributed by atoms with E-state index in [1.54, 1.807) is 6.07 Å². The highest BCUT2D eigenvalue weighted by molar-refractivity contribution is 5.65. The molecule has 0 aliphatic carbocycles. The van der Waals surface area contributed by atoms with E-state index in [-0.39, 0.29) is 5.56 Å². The van der Waals surface area contributed by atoms with Crippen LogP contribution in [0.4, 0.5) is 22.0 Å². The second kappa shape index (κ2) is 7.00. The molecule has 0 aliphatic rings. The van der Waals surface area contributed by atoms with Crippen LogP contribution < -0.4 is 5.32 Å². The van der Waals surface area contributed by atoms with Crippen molar-refractivity contribution in [3.8, 4) is 11.1 Å². The normalized spacial score (nSPS) is 9.95. The molecule has 0 radical (unpaired) electrons. The molecule has 0 aromatic heterocycles. The van der Waals surface area contributed by atoms with E-state index in [1.807, 2.05) is 14.1 Å². The molecule has 6 heteroatoms. The Balaban J connectivity index is 0.000000612. The predicted molar refractivity (Wildman–Crippen MR) is 66.7 cm³/mol. The summed E-state index contributed by atoms with van der Waals surface area (Å²) >= 11 is 0. The molecule has 2 aromatic rings. The van der Waals surface area contributed by atoms with Crippen LogP contribution in [0.25, 0.3) is 11.1 Å². The lowest BCUT2D eigenvalue weighted by molar-refractivity contribution is 0.381. The minimum atomic E-state index is -2.15. The molecule has 0 saturated heterocycles. The van der Waals surface area contributed by atoms with Crippen molar-refractivity contribution in [2.75, 3.05) is 14.1 Å². The highest BCUT2D eigenvalue weighted by atomic mass is 19.2. The number of halogens is 5. The lowest BCUT2D eigenvalue weighted by Gasteiger charge is -2.07. The predicted octanol–water partition coefficient (Wildman–Crippen LogP) is 3.88. The molecule has 0 aliphatic heterocycles. The van der Waals surface area contributed by atoms with E-state index >= 15 is 0 Å². The lowest BCUT2D eigenvalue weighted by atomic mass is 10.0. The van der Waals surface area contributed by atoms with Crippen molar-refractivity contribution < 1.29 is 22.0 Å². The van der Waals surface area contributed by atoms with Crippen molar-refractivity contribution >= 4 is 0 Å². The van der Waals surface area contributed by atoms with E-state index in [9.17, 15) is 22.0 Å². The Morgan fingerprint density at radius 2 is 1.00 bits per heavy atom. The molecule has 0 spiro atoms. The van der Waals surface area contributed by atoms with Crippen LogP contribution >= 0.6 is 0 Å². The van der Waals surface area contributed by atoms with Crippen LogP contribution in [0, 0.1) is 29.1 Å². The van der Waals surface area contributed by atoms with Gasteiger partial charge in [0.05, 0.1) is 5.56 Å². The molecule has 108 valence electrons. The SMILES string of the molecule is CNC.Fc1c(F)c(F)c(-c2ccccc2)c(F)c1F. The standard InChI is InChI=1S/C12H5F5.C2H7N/c13-8-7(6-4-2-1-3-5-6)9(14)11(16)12(17)10(8)15;1-3-2/h1-5H;3H,1-2H3. The first kappa shape index (κ1) is 16.1. The first-order chi connectivity index (χ1) is 9.45. The molecule has 0 heterocycles. The van der Waals surface area contributed by atoms with E-state index in [0.717, 1.165) is 0 Å². The van der Waals surface area contributed by atoms with Crippen molar-refractivity contribution in [2.45, 2.75) is 0 Å². The van der Waals surface area contributed by atoms with Gasteiger partial charge in [-0.2, -0.15) is 0 Å². The van der Waals surface area contributed by atoms with E-state index in [1.165, 1.54) is 24.3 Å². The summed E-state index contributed by atoms with van der Waals surface area (Å²) in [6.45, 7) is 0. The smallest absolute Gasteiger partial charge is 0.200 e. The summed E-state index contributed by atoms with van der Waals surface area (Å²) in [5, 5.41) is 2.75. The summed E-state index contributed by atoms with van der Waals surface area (Å²) in [5.74, 6) is -9.69. The summed E-state index contributed by atoms with van der Waals surface area (Å²) in [6, 6.07) is 6.97. The molecular weight excluding hydrogens is 277 g/mol. The Labute approximate surface area is 113 Å². The fourth-order valence-electron chi connectivity index (χ4n) is 1.46. The average molecular weight is 289 g/mol. The second-order valence-corrected chi connectivity index (χ2v) is 3.81. The number of rotatable bonds is 1. The van der Waals surface area contributed by atoms with Crippen LogP contribution in [0.3, 0.4) is 0 Å². The largest absolute Gasteiger partial charge is 0.323 e. The Morgan fingerprint density at radius 1 is 0.650 bits per heavy atom. The monoisotopic (exact) mass is 289 g/mol. The van der Waals surface area contributed by atoms with Crippen molar-refractivity contribution in [3.63, 3.8) is 0 Å². The average Bonchev–Trinajstić information content (AvgIpc) is 2.45. The third-order valence-corrected chi connectivity index (χ3v) is 2.27. The summed E-state index contributed by atoms with van der Waals surface area (Å²) in [5.41, 5.74) is -0.984. The zero-order valence-electron chi connectivity index (χ0n) is 10.8. The number of hydrogen-bond acceptors (Lipinski definition) is 1. The number of hydrogen-bond donors (Lipinski definition) is 1. The maximum absolute atomic E-state index is 13.4. The molecule has 1 nitrogen and oxygen atoms in total. The minimum Gasteiger partial charge on any atom is -0.323 e. The third kappa shape index (κ3) is 3.14. The van der Waals surface area contributed by atoms with E-state index < -0.39 is 34.6 Å². The molecule has 0 unspecified atom stereocenters. The Kier molecular flexibility index (Phi) is 5.64. The van der Waals surface area contributed by atoms with Crippen molar-refractivity contribution in [3.05, 3.63) is 59.4 Å². The van der Waals surface area contributed by atoms with Crippen molar-refractivity contribution in [1.29, 1.82) is 0 Å². The molecule has 0 bridgehead atoms. The van der Waals surface area contributed by atoms with E-state index in [0.29, 0.717) is 0 Å². The topological polar surface area (TPSA) is 12.0 Å². The van der Waals surface area contributed by atoms with Gasteiger partial charge in [0.2, 0.25) is 5.82 Å². The molecule has 0 fully saturated rings. The van der Waals surface area contributed by atoms with Gasteiger partial charge in [-0.3, -0.25) is 0 Å². The second-order valence-electron chi connectivity index (χ2n) is 3.81. The van der Waals surface area contributed by atoms with Crippen LogP contribution in [0.2, 0.25) is 0 Å². The first-order valence-electron chi connectivity index (χ1n) is 5.61. The van der Waals surface area contributed by atoms with Crippen LogP contribution in [-0.2, 0) is 0 Å². The fraction of sp³-hybridized carbons (Fsp3) is 0.143. The minimum absolute atomic E-state index is 0.0692. The Bertz CT molecular complexity index is 555. The van der Waals surface area contributed by atoms with Gasteiger partial charge < -0.3 is 5.32 Å². The molecule has 1 N–H and O–H groups in total. The summed E-state index contributed by atoms with van der Waals surface area (Å²) in [7, 11) is 3.75. The van der Waals surface area contributed by atoms with Gasteiger partial charge in [-0.1, -0.05) is 30.3 Å². The molecule has 0 saturated carbocycles. The highest BCUT2D eigenvalue weighted by Gasteiger charge is 2.26. The third-order valence-electron chi connectivity index (χ3n) is 2.27. The number of benzene rings is 2. The summed E-state index contributed by atoms with van der Waals surface area (Å²) in [6.07, 6.45) is 0. The van der Waals surface area contributed by atoms with Gasteiger partial charge in [-0.25, -0.2) is 22.0 Å².